The lowest BCUT2D eigenvalue weighted by Gasteiger charge is -2.08. The number of nitrogens with zero attached hydrogens (tertiary/aromatic N) is 3. The van der Waals surface area contributed by atoms with Gasteiger partial charge < -0.3 is 4.74 Å². The van der Waals surface area contributed by atoms with Gasteiger partial charge in [-0.05, 0) is 37.3 Å². The smallest absolute Gasteiger partial charge is 0.196 e. The van der Waals surface area contributed by atoms with Crippen LogP contribution in [0.5, 0.6) is 5.75 Å². The van der Waals surface area contributed by atoms with Crippen molar-refractivity contribution < 1.29 is 13.9 Å². The maximum absolute atomic E-state index is 13.8. The van der Waals surface area contributed by atoms with Gasteiger partial charge in [-0.25, -0.2) is 4.39 Å². The summed E-state index contributed by atoms with van der Waals surface area (Å²) in [5, 5.41) is 8.83. The van der Waals surface area contributed by atoms with Gasteiger partial charge in [0.05, 0.1) is 12.9 Å². The van der Waals surface area contributed by atoms with Crippen LogP contribution in [0.4, 0.5) is 4.39 Å². The Kier molecular flexibility index (Phi) is 5.14. The molecule has 0 radical (unpaired) electrons. The molecule has 0 saturated heterocycles. The van der Waals surface area contributed by atoms with Gasteiger partial charge in [0.1, 0.15) is 5.82 Å². The first-order valence-corrected chi connectivity index (χ1v) is 8.55. The van der Waals surface area contributed by atoms with Gasteiger partial charge in [0.15, 0.2) is 22.5 Å². The predicted octanol–water partition coefficient (Wildman–Crippen LogP) is 3.70. The van der Waals surface area contributed by atoms with Crippen LogP contribution < -0.4 is 4.74 Å². The molecule has 128 valence electrons. The Labute approximate surface area is 148 Å². The summed E-state index contributed by atoms with van der Waals surface area (Å²) >= 11 is 1.27. The topological polar surface area (TPSA) is 57.0 Å². The van der Waals surface area contributed by atoms with Crippen LogP contribution in [-0.4, -0.2) is 33.4 Å². The molecule has 0 aliphatic rings. The van der Waals surface area contributed by atoms with Crippen LogP contribution >= 0.6 is 11.8 Å². The fraction of sp³-hybridized carbons (Fsp3) is 0.167. The first-order chi connectivity index (χ1) is 12.1. The molecule has 0 bridgehead atoms. The Morgan fingerprint density at radius 2 is 1.96 bits per heavy atom. The molecule has 3 aromatic rings. The third kappa shape index (κ3) is 3.71. The first-order valence-electron chi connectivity index (χ1n) is 7.57. The average molecular weight is 357 g/mol. The number of hydrogen-bond donors (Lipinski definition) is 0. The van der Waals surface area contributed by atoms with Crippen molar-refractivity contribution in [2.24, 2.45) is 0 Å². The number of para-hydroxylation sites is 1. The van der Waals surface area contributed by atoms with Gasteiger partial charge in [0.25, 0.3) is 0 Å². The highest BCUT2D eigenvalue weighted by Gasteiger charge is 2.15. The number of ketones is 1. The molecule has 7 heteroatoms. The Balaban J connectivity index is 1.76. The van der Waals surface area contributed by atoms with Gasteiger partial charge in [-0.2, -0.15) is 0 Å². The third-order valence-corrected chi connectivity index (χ3v) is 4.54. The molecule has 0 fully saturated rings. The average Bonchev–Trinajstić information content (AvgIpc) is 3.01. The van der Waals surface area contributed by atoms with E-state index in [-0.39, 0.29) is 17.3 Å². The fourth-order valence-electron chi connectivity index (χ4n) is 2.36. The van der Waals surface area contributed by atoms with Crippen LogP contribution in [0.1, 0.15) is 16.2 Å². The predicted molar refractivity (Wildman–Crippen MR) is 94.1 cm³/mol. The molecular weight excluding hydrogens is 341 g/mol. The van der Waals surface area contributed by atoms with E-state index in [4.69, 9.17) is 4.74 Å². The molecule has 0 N–H and O–H groups in total. The van der Waals surface area contributed by atoms with Gasteiger partial charge in [0, 0.05) is 11.3 Å². The van der Waals surface area contributed by atoms with E-state index in [1.807, 2.05) is 41.8 Å². The second-order valence-electron chi connectivity index (χ2n) is 5.26. The molecule has 3 rings (SSSR count). The lowest BCUT2D eigenvalue weighted by atomic mass is 10.1. The van der Waals surface area contributed by atoms with Gasteiger partial charge in [-0.15, -0.1) is 10.2 Å². The van der Waals surface area contributed by atoms with Crippen LogP contribution in [0, 0.1) is 12.7 Å². The highest BCUT2D eigenvalue weighted by Crippen LogP contribution is 2.24. The van der Waals surface area contributed by atoms with E-state index in [1.54, 1.807) is 6.07 Å². The SMILES string of the molecule is COc1ccc(C(=O)CSc2nnc(C)n2-c2ccccc2)cc1F. The number of rotatable bonds is 6. The van der Waals surface area contributed by atoms with Crippen LogP contribution in [0.2, 0.25) is 0 Å². The number of aromatic nitrogens is 3. The van der Waals surface area contributed by atoms with Gasteiger partial charge in [-0.1, -0.05) is 30.0 Å². The highest BCUT2D eigenvalue weighted by atomic mass is 32.2. The monoisotopic (exact) mass is 357 g/mol. The number of Topliss-reactive ketones (excluding diaryl/α,β-unsaturated/α-hetero) is 1. The number of benzene rings is 2. The Bertz CT molecular complexity index is 897. The fourth-order valence-corrected chi connectivity index (χ4v) is 3.26. The molecule has 0 unspecified atom stereocenters. The molecule has 0 spiro atoms. The number of carbonyl (C=O) groups is 1. The van der Waals surface area contributed by atoms with Crippen molar-refractivity contribution >= 4 is 17.5 Å². The second kappa shape index (κ2) is 7.48. The Morgan fingerprint density at radius 1 is 1.20 bits per heavy atom. The van der Waals surface area contributed by atoms with E-state index in [9.17, 15) is 9.18 Å². The summed E-state index contributed by atoms with van der Waals surface area (Å²) in [6.07, 6.45) is 0. The Morgan fingerprint density at radius 3 is 2.64 bits per heavy atom. The van der Waals surface area contributed by atoms with Crippen molar-refractivity contribution in [3.8, 4) is 11.4 Å². The van der Waals surface area contributed by atoms with Gasteiger partial charge in [0.2, 0.25) is 0 Å². The van der Waals surface area contributed by atoms with E-state index in [0.717, 1.165) is 11.5 Å². The van der Waals surface area contributed by atoms with E-state index >= 15 is 0 Å². The molecule has 1 aromatic heterocycles. The van der Waals surface area contributed by atoms with E-state index in [2.05, 4.69) is 10.2 Å². The summed E-state index contributed by atoms with van der Waals surface area (Å²) in [6, 6.07) is 13.9. The zero-order chi connectivity index (χ0) is 17.8. The number of ether oxygens (including phenoxy) is 1. The maximum Gasteiger partial charge on any atom is 0.196 e. The van der Waals surface area contributed by atoms with Crippen molar-refractivity contribution in [3.63, 3.8) is 0 Å². The number of methoxy groups -OCH3 is 1. The van der Waals surface area contributed by atoms with Crippen molar-refractivity contribution in [2.75, 3.05) is 12.9 Å². The Hall–Kier alpha value is -2.67. The number of thioether (sulfide) groups is 1. The van der Waals surface area contributed by atoms with Crippen molar-refractivity contribution in [1.29, 1.82) is 0 Å². The largest absolute Gasteiger partial charge is 0.494 e. The molecule has 5 nitrogen and oxygen atoms in total. The minimum absolute atomic E-state index is 0.114. The van der Waals surface area contributed by atoms with Crippen LogP contribution in [-0.2, 0) is 0 Å². The van der Waals surface area contributed by atoms with Crippen molar-refractivity contribution in [1.82, 2.24) is 14.8 Å². The zero-order valence-corrected chi connectivity index (χ0v) is 14.6. The van der Waals surface area contributed by atoms with Crippen LogP contribution in [0.15, 0.2) is 53.7 Å². The second-order valence-corrected chi connectivity index (χ2v) is 6.20. The third-order valence-electron chi connectivity index (χ3n) is 3.62. The van der Waals surface area contributed by atoms with Crippen molar-refractivity contribution in [2.45, 2.75) is 12.1 Å². The summed E-state index contributed by atoms with van der Waals surface area (Å²) in [5.74, 6) is 0.241. The summed E-state index contributed by atoms with van der Waals surface area (Å²) in [5.41, 5.74) is 1.23. The van der Waals surface area contributed by atoms with Gasteiger partial charge >= 0.3 is 0 Å². The highest BCUT2D eigenvalue weighted by molar-refractivity contribution is 7.99. The van der Waals surface area contributed by atoms with E-state index in [1.165, 1.54) is 31.0 Å². The summed E-state index contributed by atoms with van der Waals surface area (Å²) in [6.45, 7) is 1.85. The molecule has 1 heterocycles. The number of halogens is 1. The quantitative estimate of drug-likeness (QED) is 0.497. The molecule has 0 atom stereocenters. The zero-order valence-electron chi connectivity index (χ0n) is 13.8. The lowest BCUT2D eigenvalue weighted by Crippen LogP contribution is -2.05. The lowest BCUT2D eigenvalue weighted by molar-refractivity contribution is 0.102. The molecule has 0 saturated carbocycles. The van der Waals surface area contributed by atoms with E-state index in [0.29, 0.717) is 10.7 Å². The minimum atomic E-state index is -0.554. The normalized spacial score (nSPS) is 10.7. The summed E-state index contributed by atoms with van der Waals surface area (Å²) in [7, 11) is 1.38. The molecule has 2 aromatic carbocycles. The minimum Gasteiger partial charge on any atom is -0.494 e. The number of aryl methyl sites for hydroxylation is 1. The number of carbonyl (C=O) groups excluding carboxylic acids is 1. The number of hydrogen-bond acceptors (Lipinski definition) is 5. The van der Waals surface area contributed by atoms with Crippen LogP contribution in [0.25, 0.3) is 5.69 Å². The first kappa shape index (κ1) is 17.2. The van der Waals surface area contributed by atoms with Gasteiger partial charge in [-0.3, -0.25) is 9.36 Å². The molecule has 25 heavy (non-hydrogen) atoms. The molecule has 0 amide bonds. The van der Waals surface area contributed by atoms with E-state index < -0.39 is 5.82 Å². The summed E-state index contributed by atoms with van der Waals surface area (Å²) < 4.78 is 20.5. The summed E-state index contributed by atoms with van der Waals surface area (Å²) in [4.78, 5) is 12.3. The van der Waals surface area contributed by atoms with Crippen LogP contribution in [0.3, 0.4) is 0 Å². The standard InChI is InChI=1S/C18H16FN3O2S/c1-12-20-21-18(22(12)14-6-4-3-5-7-14)25-11-16(23)13-8-9-17(24-2)15(19)10-13/h3-10H,11H2,1-2H3. The molecular formula is C18H16FN3O2S. The molecule has 0 aliphatic carbocycles. The maximum atomic E-state index is 13.8. The van der Waals surface area contributed by atoms with Crippen molar-refractivity contribution in [3.05, 3.63) is 65.7 Å². The molecule has 0 aliphatic heterocycles.